The van der Waals surface area contributed by atoms with Crippen molar-refractivity contribution < 1.29 is 17.9 Å². The largest absolute Gasteiger partial charge is 0.483 e. The van der Waals surface area contributed by atoms with Crippen LogP contribution in [0.3, 0.4) is 0 Å². The Morgan fingerprint density at radius 1 is 1.29 bits per heavy atom. The number of rotatable bonds is 6. The molecule has 136 valence electrons. The second-order valence-electron chi connectivity index (χ2n) is 4.07. The first kappa shape index (κ1) is 22.5. The molecule has 0 fully saturated rings. The third-order valence-corrected chi connectivity index (χ3v) is 3.60. The molecule has 0 saturated carbocycles. The van der Waals surface area contributed by atoms with E-state index in [0.29, 0.717) is 17.0 Å². The highest BCUT2D eigenvalue weighted by atomic mass is 35.5. The highest BCUT2D eigenvalue weighted by Gasteiger charge is 2.40. The fraction of sp³-hybridized carbons (Fsp3) is 0.333. The van der Waals surface area contributed by atoms with Crippen LogP contribution in [0.2, 0.25) is 5.02 Å². The van der Waals surface area contributed by atoms with Gasteiger partial charge in [0.2, 0.25) is 0 Å². The number of benzene rings is 1. The zero-order valence-corrected chi connectivity index (χ0v) is 15.1. The molecule has 0 saturated heterocycles. The lowest BCUT2D eigenvalue weighted by atomic mass is 10.1. The summed E-state index contributed by atoms with van der Waals surface area (Å²) < 4.78 is 46.5. The highest BCUT2D eigenvalue weighted by molar-refractivity contribution is 8.01. The van der Waals surface area contributed by atoms with Gasteiger partial charge in [-0.25, -0.2) is 4.72 Å². The van der Waals surface area contributed by atoms with Crippen LogP contribution in [-0.4, -0.2) is 13.3 Å². The first-order valence-electron chi connectivity index (χ1n) is 6.95. The fourth-order valence-electron chi connectivity index (χ4n) is 1.42. The summed E-state index contributed by atoms with van der Waals surface area (Å²) in [5, 5.41) is 0.357. The summed E-state index contributed by atoms with van der Waals surface area (Å²) in [7, 11) is 1.34. The van der Waals surface area contributed by atoms with Crippen LogP contribution in [0, 0.1) is 0 Å². The number of alkyl halides is 3. The fourth-order valence-corrected chi connectivity index (χ4v) is 2.31. The summed E-state index contributed by atoms with van der Waals surface area (Å²) in [6, 6.07) is 3.51. The van der Waals surface area contributed by atoms with Crippen molar-refractivity contribution in [2.24, 2.45) is 11.5 Å². The third-order valence-electron chi connectivity index (χ3n) is 2.51. The number of nitrogens with two attached hydrogens (primary N) is 2. The molecule has 4 nitrogen and oxygen atoms in total. The second kappa shape index (κ2) is 11.1. The summed E-state index contributed by atoms with van der Waals surface area (Å²) in [4.78, 5) is 0.280. The van der Waals surface area contributed by atoms with E-state index in [1.54, 1.807) is 0 Å². The zero-order valence-electron chi connectivity index (χ0n) is 13.5. The minimum absolute atomic E-state index is 0.0288. The van der Waals surface area contributed by atoms with Crippen molar-refractivity contribution in [2.75, 3.05) is 7.11 Å². The Kier molecular flexibility index (Phi) is 10.4. The van der Waals surface area contributed by atoms with E-state index < -0.39 is 12.2 Å². The molecule has 0 aliphatic carbocycles. The van der Waals surface area contributed by atoms with Crippen LogP contribution >= 0.6 is 23.5 Å². The molecule has 1 aromatic rings. The van der Waals surface area contributed by atoms with E-state index in [1.807, 2.05) is 13.8 Å². The third kappa shape index (κ3) is 7.85. The molecule has 0 bridgehead atoms. The molecule has 0 aliphatic rings. The molecular weight excluding hydrogens is 363 g/mol. The van der Waals surface area contributed by atoms with Gasteiger partial charge in [0.1, 0.15) is 6.04 Å². The number of ether oxygens (including phenoxy) is 1. The molecule has 0 unspecified atom stereocenters. The van der Waals surface area contributed by atoms with Crippen LogP contribution < -0.4 is 16.2 Å². The molecule has 0 heterocycles. The predicted octanol–water partition coefficient (Wildman–Crippen LogP) is 4.45. The normalized spacial score (nSPS) is 13.8. The molecule has 9 heteroatoms. The standard InChI is InChI=1S/C13H15ClF3N3OS.C2H6/c1-21-11(19)6-10(7-18)22-20-12(13(15,16)17)8-2-4-9(14)5-3-8;1-2/h2-7,12,20H,18-19H2,1H3;1-2H3/b10-7+,11-6+;/t12-;/m1./s1. The lowest BCUT2D eigenvalue weighted by Crippen LogP contribution is -2.30. The zero-order chi connectivity index (χ0) is 18.8. The van der Waals surface area contributed by atoms with Gasteiger partial charge in [0.15, 0.2) is 5.88 Å². The maximum absolute atomic E-state index is 13.2. The van der Waals surface area contributed by atoms with E-state index in [2.05, 4.69) is 4.72 Å². The van der Waals surface area contributed by atoms with E-state index in [-0.39, 0.29) is 16.4 Å². The van der Waals surface area contributed by atoms with Gasteiger partial charge in [-0.3, -0.25) is 0 Å². The number of nitrogens with one attached hydrogen (secondary N) is 1. The quantitative estimate of drug-likeness (QED) is 0.384. The summed E-state index contributed by atoms with van der Waals surface area (Å²) in [5.41, 5.74) is 10.8. The summed E-state index contributed by atoms with van der Waals surface area (Å²) in [6.07, 6.45) is -2.05. The molecule has 1 atom stereocenters. The summed E-state index contributed by atoms with van der Waals surface area (Å²) in [5.74, 6) is 0.0288. The molecule has 5 N–H and O–H groups in total. The molecule has 24 heavy (non-hydrogen) atoms. The SMILES string of the molecule is CC.CO/C(N)=C/C(=C\N)SN[C@H](c1ccc(Cl)cc1)C(F)(F)F. The topological polar surface area (TPSA) is 73.3 Å². The molecule has 1 rings (SSSR count). The number of hydrogen-bond acceptors (Lipinski definition) is 5. The maximum atomic E-state index is 13.2. The Hall–Kier alpha value is -1.51. The van der Waals surface area contributed by atoms with Crippen molar-refractivity contribution in [1.29, 1.82) is 0 Å². The summed E-state index contributed by atoms with van der Waals surface area (Å²) >= 11 is 6.38. The van der Waals surface area contributed by atoms with Crippen LogP contribution in [0.15, 0.2) is 47.3 Å². The second-order valence-corrected chi connectivity index (χ2v) is 5.41. The Morgan fingerprint density at radius 3 is 2.25 bits per heavy atom. The lowest BCUT2D eigenvalue weighted by Gasteiger charge is -2.21. The van der Waals surface area contributed by atoms with Crippen LogP contribution in [0.25, 0.3) is 0 Å². The van der Waals surface area contributed by atoms with E-state index >= 15 is 0 Å². The van der Waals surface area contributed by atoms with Crippen molar-refractivity contribution in [3.05, 3.63) is 57.9 Å². The number of hydrogen-bond donors (Lipinski definition) is 3. The van der Waals surface area contributed by atoms with E-state index in [0.717, 1.165) is 6.20 Å². The predicted molar refractivity (Wildman–Crippen MR) is 93.9 cm³/mol. The average molecular weight is 384 g/mol. The number of methoxy groups -OCH3 is 1. The highest BCUT2D eigenvalue weighted by Crippen LogP contribution is 2.35. The smallest absolute Gasteiger partial charge is 0.408 e. The van der Waals surface area contributed by atoms with Gasteiger partial charge >= 0.3 is 6.18 Å². The first-order valence-corrected chi connectivity index (χ1v) is 8.15. The molecule has 0 spiro atoms. The maximum Gasteiger partial charge on any atom is 0.408 e. The number of allylic oxidation sites excluding steroid dienone is 1. The van der Waals surface area contributed by atoms with Crippen LogP contribution in [0.4, 0.5) is 13.2 Å². The van der Waals surface area contributed by atoms with Gasteiger partial charge in [0, 0.05) is 22.2 Å². The minimum Gasteiger partial charge on any atom is -0.483 e. The van der Waals surface area contributed by atoms with Crippen molar-refractivity contribution in [2.45, 2.75) is 26.1 Å². The van der Waals surface area contributed by atoms with Crippen molar-refractivity contribution >= 4 is 23.5 Å². The molecule has 0 aliphatic heterocycles. The van der Waals surface area contributed by atoms with Crippen molar-refractivity contribution in [3.63, 3.8) is 0 Å². The Labute approximate surface area is 149 Å². The molecule has 0 amide bonds. The van der Waals surface area contributed by atoms with Gasteiger partial charge in [-0.05, 0) is 29.6 Å². The van der Waals surface area contributed by atoms with E-state index in [4.69, 9.17) is 27.8 Å². The van der Waals surface area contributed by atoms with Gasteiger partial charge in [0.25, 0.3) is 0 Å². The molecule has 1 aromatic carbocycles. The Bertz CT molecular complexity index is 548. The first-order chi connectivity index (χ1) is 11.3. The lowest BCUT2D eigenvalue weighted by molar-refractivity contribution is -0.152. The van der Waals surface area contributed by atoms with Gasteiger partial charge in [0.05, 0.1) is 7.11 Å². The van der Waals surface area contributed by atoms with Gasteiger partial charge in [-0.1, -0.05) is 37.6 Å². The van der Waals surface area contributed by atoms with Gasteiger partial charge in [-0.15, -0.1) is 0 Å². The van der Waals surface area contributed by atoms with Crippen LogP contribution in [0.1, 0.15) is 25.5 Å². The van der Waals surface area contributed by atoms with E-state index in [9.17, 15) is 13.2 Å². The average Bonchev–Trinajstić information content (AvgIpc) is 2.56. The Balaban J connectivity index is 0.00000254. The van der Waals surface area contributed by atoms with Crippen molar-refractivity contribution in [1.82, 2.24) is 4.72 Å². The van der Waals surface area contributed by atoms with E-state index in [1.165, 1.54) is 37.5 Å². The van der Waals surface area contributed by atoms with Gasteiger partial charge in [-0.2, -0.15) is 13.2 Å². The number of halogens is 4. The monoisotopic (exact) mass is 383 g/mol. The molecule has 0 radical (unpaired) electrons. The molecular formula is C15H21ClF3N3OS. The van der Waals surface area contributed by atoms with Crippen LogP contribution in [0.5, 0.6) is 0 Å². The molecule has 0 aromatic heterocycles. The summed E-state index contributed by atoms with van der Waals surface area (Å²) in [6.45, 7) is 4.00. The minimum atomic E-state index is -4.49. The van der Waals surface area contributed by atoms with Gasteiger partial charge < -0.3 is 16.2 Å². The van der Waals surface area contributed by atoms with Crippen LogP contribution in [-0.2, 0) is 4.74 Å². The Morgan fingerprint density at radius 2 is 1.83 bits per heavy atom. The van der Waals surface area contributed by atoms with Crippen molar-refractivity contribution in [3.8, 4) is 0 Å².